The third kappa shape index (κ3) is 4.22. The van der Waals surface area contributed by atoms with Crippen LogP contribution in [-0.2, 0) is 13.1 Å². The second-order valence-electron chi connectivity index (χ2n) is 6.88. The fourth-order valence-electron chi connectivity index (χ4n) is 3.26. The highest BCUT2D eigenvalue weighted by Crippen LogP contribution is 2.21. The molecule has 0 aliphatic rings. The lowest BCUT2D eigenvalue weighted by atomic mass is 10.1. The average molecular weight is 406 g/mol. The van der Waals surface area contributed by atoms with Gasteiger partial charge in [-0.3, -0.25) is 9.48 Å². The molecule has 0 aliphatic heterocycles. The molecule has 6 nitrogen and oxygen atoms in total. The number of benzene rings is 2. The summed E-state index contributed by atoms with van der Waals surface area (Å²) in [7, 11) is 0. The summed E-state index contributed by atoms with van der Waals surface area (Å²) in [5, 5.41) is 10.0. The van der Waals surface area contributed by atoms with E-state index in [4.69, 9.17) is 17.3 Å². The minimum atomic E-state index is -0.220. The van der Waals surface area contributed by atoms with E-state index in [0.29, 0.717) is 28.6 Å². The van der Waals surface area contributed by atoms with E-state index in [2.05, 4.69) is 45.7 Å². The first-order valence-corrected chi connectivity index (χ1v) is 9.57. The highest BCUT2D eigenvalue weighted by Gasteiger charge is 2.12. The highest BCUT2D eigenvalue weighted by molar-refractivity contribution is 6.31. The number of amides is 1. The van der Waals surface area contributed by atoms with E-state index in [1.54, 1.807) is 23.1 Å². The summed E-state index contributed by atoms with van der Waals surface area (Å²) >= 11 is 6.21. The monoisotopic (exact) mass is 405 g/mol. The summed E-state index contributed by atoms with van der Waals surface area (Å²) in [5.74, 6) is 0.139. The fraction of sp³-hybridized carbons (Fsp3) is 0.136. The Balaban J connectivity index is 1.43. The van der Waals surface area contributed by atoms with E-state index in [1.807, 2.05) is 19.1 Å². The zero-order valence-corrected chi connectivity index (χ0v) is 16.6. The fourth-order valence-corrected chi connectivity index (χ4v) is 3.57. The molecule has 4 aromatic rings. The zero-order chi connectivity index (χ0) is 20.4. The lowest BCUT2D eigenvalue weighted by Gasteiger charge is -2.09. The number of nitrogens with one attached hydrogen (secondary N) is 1. The van der Waals surface area contributed by atoms with Crippen molar-refractivity contribution in [1.82, 2.24) is 20.1 Å². The first kappa shape index (κ1) is 19.0. The molecular weight excluding hydrogens is 386 g/mol. The van der Waals surface area contributed by atoms with Crippen molar-refractivity contribution in [2.24, 2.45) is 0 Å². The van der Waals surface area contributed by atoms with Crippen LogP contribution in [0.25, 0.3) is 10.8 Å². The molecule has 146 valence electrons. The molecule has 29 heavy (non-hydrogen) atoms. The molecule has 0 saturated carbocycles. The molecular formula is C22H20ClN5O. The Morgan fingerprint density at radius 3 is 2.76 bits per heavy atom. The van der Waals surface area contributed by atoms with Gasteiger partial charge in [0.1, 0.15) is 5.82 Å². The number of nitrogens with zero attached hydrogens (tertiary/aromatic N) is 3. The van der Waals surface area contributed by atoms with Gasteiger partial charge >= 0.3 is 0 Å². The van der Waals surface area contributed by atoms with Crippen molar-refractivity contribution in [2.45, 2.75) is 20.0 Å². The number of pyridine rings is 1. The Hall–Kier alpha value is -3.38. The normalized spacial score (nSPS) is 11.0. The number of carbonyl (C=O) groups is 1. The van der Waals surface area contributed by atoms with E-state index in [1.165, 1.54) is 10.8 Å². The van der Waals surface area contributed by atoms with Gasteiger partial charge in [0.25, 0.3) is 5.91 Å². The van der Waals surface area contributed by atoms with Gasteiger partial charge in [-0.15, -0.1) is 0 Å². The molecule has 7 heteroatoms. The van der Waals surface area contributed by atoms with Gasteiger partial charge in [0.2, 0.25) is 0 Å². The Labute approximate surface area is 173 Å². The van der Waals surface area contributed by atoms with Crippen molar-refractivity contribution in [2.75, 3.05) is 5.73 Å². The van der Waals surface area contributed by atoms with Gasteiger partial charge in [0.15, 0.2) is 0 Å². The first-order valence-electron chi connectivity index (χ1n) is 9.19. The van der Waals surface area contributed by atoms with Crippen LogP contribution in [0.1, 0.15) is 27.2 Å². The predicted molar refractivity (Wildman–Crippen MR) is 115 cm³/mol. The molecule has 0 spiro atoms. The van der Waals surface area contributed by atoms with Gasteiger partial charge in [-0.25, -0.2) is 4.98 Å². The molecule has 4 rings (SSSR count). The molecule has 0 unspecified atom stereocenters. The van der Waals surface area contributed by atoms with E-state index >= 15 is 0 Å². The van der Waals surface area contributed by atoms with E-state index in [9.17, 15) is 4.79 Å². The number of carbonyl (C=O) groups excluding carboxylic acids is 1. The summed E-state index contributed by atoms with van der Waals surface area (Å²) < 4.78 is 1.75. The van der Waals surface area contributed by atoms with Gasteiger partial charge in [0.05, 0.1) is 23.3 Å². The number of aromatic nitrogens is 3. The second-order valence-corrected chi connectivity index (χ2v) is 7.29. The number of hydrogen-bond donors (Lipinski definition) is 2. The second kappa shape index (κ2) is 7.93. The van der Waals surface area contributed by atoms with Gasteiger partial charge in [-0.1, -0.05) is 48.0 Å². The summed E-state index contributed by atoms with van der Waals surface area (Å²) in [6.45, 7) is 2.67. The minimum absolute atomic E-state index is 0.220. The third-order valence-corrected chi connectivity index (χ3v) is 5.11. The summed E-state index contributed by atoms with van der Waals surface area (Å²) in [6, 6.07) is 16.1. The Morgan fingerprint density at radius 2 is 1.97 bits per heavy atom. The third-order valence-electron chi connectivity index (χ3n) is 4.78. The molecule has 0 bridgehead atoms. The van der Waals surface area contributed by atoms with Gasteiger partial charge in [0, 0.05) is 24.0 Å². The number of aryl methyl sites for hydroxylation is 1. The van der Waals surface area contributed by atoms with Crippen LogP contribution >= 0.6 is 11.6 Å². The average Bonchev–Trinajstić information content (AvgIpc) is 3.15. The SMILES string of the molecule is Cc1nc(N)cc(Cl)c1CNC(=O)c1cnn(Cc2ccc3ccccc3c2)c1. The first-order chi connectivity index (χ1) is 14.0. The lowest BCUT2D eigenvalue weighted by Crippen LogP contribution is -2.23. The number of fused-ring (bicyclic) bond motifs is 1. The maximum Gasteiger partial charge on any atom is 0.254 e. The molecule has 2 aromatic heterocycles. The van der Waals surface area contributed by atoms with Crippen molar-refractivity contribution in [3.8, 4) is 0 Å². The Kier molecular flexibility index (Phi) is 5.18. The van der Waals surface area contributed by atoms with E-state index in [0.717, 1.165) is 11.1 Å². The highest BCUT2D eigenvalue weighted by atomic mass is 35.5. The maximum absolute atomic E-state index is 12.5. The largest absolute Gasteiger partial charge is 0.384 e. The molecule has 0 saturated heterocycles. The van der Waals surface area contributed by atoms with Crippen molar-refractivity contribution in [1.29, 1.82) is 0 Å². The zero-order valence-electron chi connectivity index (χ0n) is 15.9. The summed E-state index contributed by atoms with van der Waals surface area (Å²) in [6.07, 6.45) is 3.30. The smallest absolute Gasteiger partial charge is 0.254 e. The molecule has 0 radical (unpaired) electrons. The number of rotatable bonds is 5. The number of nitrogen functional groups attached to an aromatic ring is 1. The van der Waals surface area contributed by atoms with Crippen molar-refractivity contribution in [3.63, 3.8) is 0 Å². The van der Waals surface area contributed by atoms with Crippen LogP contribution in [-0.4, -0.2) is 20.7 Å². The van der Waals surface area contributed by atoms with Gasteiger partial charge in [-0.05, 0) is 35.4 Å². The van der Waals surface area contributed by atoms with Crippen LogP contribution in [0.3, 0.4) is 0 Å². The van der Waals surface area contributed by atoms with Crippen LogP contribution in [0.5, 0.6) is 0 Å². The molecule has 3 N–H and O–H groups in total. The van der Waals surface area contributed by atoms with Crippen molar-refractivity contribution < 1.29 is 4.79 Å². The number of anilines is 1. The Morgan fingerprint density at radius 1 is 1.17 bits per heavy atom. The van der Waals surface area contributed by atoms with Crippen LogP contribution in [0.15, 0.2) is 60.9 Å². The molecule has 2 heterocycles. The predicted octanol–water partition coefficient (Wildman–Crippen LogP) is 3.95. The topological polar surface area (TPSA) is 85.8 Å². The minimum Gasteiger partial charge on any atom is -0.384 e. The van der Waals surface area contributed by atoms with Gasteiger partial charge in [-0.2, -0.15) is 5.10 Å². The van der Waals surface area contributed by atoms with Crippen molar-refractivity contribution in [3.05, 3.63) is 88.3 Å². The summed E-state index contributed by atoms with van der Waals surface area (Å²) in [4.78, 5) is 16.7. The van der Waals surface area contributed by atoms with Crippen LogP contribution in [0, 0.1) is 6.92 Å². The van der Waals surface area contributed by atoms with Crippen LogP contribution in [0.2, 0.25) is 5.02 Å². The summed E-state index contributed by atoms with van der Waals surface area (Å²) in [5.41, 5.74) is 8.73. The van der Waals surface area contributed by atoms with E-state index in [-0.39, 0.29) is 12.5 Å². The maximum atomic E-state index is 12.5. The Bertz CT molecular complexity index is 1180. The molecule has 0 atom stereocenters. The number of nitrogens with two attached hydrogens (primary N) is 1. The lowest BCUT2D eigenvalue weighted by molar-refractivity contribution is 0.0951. The standard InChI is InChI=1S/C22H20ClN5O/c1-14-19(20(23)9-21(24)27-14)11-25-22(29)18-10-26-28(13-18)12-15-6-7-16-4-2-3-5-17(16)8-15/h2-10,13H,11-12H2,1H3,(H2,24,27)(H,25,29). The molecule has 2 aromatic carbocycles. The molecule has 0 fully saturated rings. The quantitative estimate of drug-likeness (QED) is 0.526. The van der Waals surface area contributed by atoms with E-state index < -0.39 is 0 Å². The van der Waals surface area contributed by atoms with Crippen LogP contribution in [0.4, 0.5) is 5.82 Å². The molecule has 0 aliphatic carbocycles. The van der Waals surface area contributed by atoms with Crippen LogP contribution < -0.4 is 11.1 Å². The molecule has 1 amide bonds. The van der Waals surface area contributed by atoms with Gasteiger partial charge < -0.3 is 11.1 Å². The number of hydrogen-bond acceptors (Lipinski definition) is 4. The van der Waals surface area contributed by atoms with Crippen molar-refractivity contribution >= 4 is 34.1 Å². The number of halogens is 1.